The summed E-state index contributed by atoms with van der Waals surface area (Å²) in [5, 5.41) is 12.9. The molecule has 2 aromatic carbocycles. The number of benzene rings is 2. The molecule has 2 bridgehead atoms. The molecular weight excluding hydrogens is 362 g/mol. The summed E-state index contributed by atoms with van der Waals surface area (Å²) >= 11 is 0. The second-order valence-electron chi connectivity index (χ2n) is 9.47. The van der Waals surface area contributed by atoms with Gasteiger partial charge in [-0.15, -0.1) is 0 Å². The average Bonchev–Trinajstić information content (AvgIpc) is 2.70. The largest absolute Gasteiger partial charge is 0.406 e. The molecule has 0 radical (unpaired) electrons. The van der Waals surface area contributed by atoms with E-state index in [1.807, 2.05) is 0 Å². The zero-order chi connectivity index (χ0) is 19.8. The molecule has 0 saturated carbocycles. The Hall–Kier alpha value is -1.46. The number of hydrogen-bond acceptors (Lipinski definition) is 3. The van der Waals surface area contributed by atoms with Crippen LogP contribution in [0.25, 0.3) is 0 Å². The van der Waals surface area contributed by atoms with Gasteiger partial charge in [-0.3, -0.25) is 4.90 Å². The topological polar surface area (TPSA) is 32.7 Å². The van der Waals surface area contributed by atoms with E-state index in [9.17, 15) is 5.11 Å². The molecule has 4 atom stereocenters. The van der Waals surface area contributed by atoms with Crippen LogP contribution < -0.4 is 10.4 Å². The molecule has 150 valence electrons. The molecule has 3 aliphatic heterocycles. The summed E-state index contributed by atoms with van der Waals surface area (Å²) in [5.41, 5.74) is 0. The number of nitrogens with zero attached hydrogens (tertiary/aromatic N) is 1. The first-order valence-electron chi connectivity index (χ1n) is 10.6. The lowest BCUT2D eigenvalue weighted by Gasteiger charge is -2.50. The molecule has 0 amide bonds. The highest BCUT2D eigenvalue weighted by Gasteiger charge is 2.51. The van der Waals surface area contributed by atoms with E-state index in [0.717, 1.165) is 32.5 Å². The highest BCUT2D eigenvalue weighted by atomic mass is 28.4. The SMILES string of the molecule is CC(C)(C)[Si](OC[C@H]1C[C@@H]2CCN1C[C@H]2O)(c1ccccc1)c1ccccc1. The van der Waals surface area contributed by atoms with Gasteiger partial charge in [-0.25, -0.2) is 0 Å². The Labute approximate surface area is 170 Å². The standard InChI is InChI=1S/C24H33NO2Si/c1-24(2,3)28(21-10-6-4-7-11-21,22-12-8-5-9-13-22)27-18-20-16-19-14-15-25(20)17-23(19)26/h4-13,19-20,23,26H,14-18H2,1-3H3/t19-,20+,23+/m0/s1. The van der Waals surface area contributed by atoms with Gasteiger partial charge in [0, 0.05) is 12.6 Å². The average molecular weight is 396 g/mol. The highest BCUT2D eigenvalue weighted by Crippen LogP contribution is 2.38. The van der Waals surface area contributed by atoms with Crippen LogP contribution in [0.4, 0.5) is 0 Å². The van der Waals surface area contributed by atoms with Crippen molar-refractivity contribution in [2.45, 2.75) is 50.8 Å². The van der Waals surface area contributed by atoms with Gasteiger partial charge >= 0.3 is 0 Å². The normalized spacial score (nSPS) is 27.7. The predicted molar refractivity (Wildman–Crippen MR) is 118 cm³/mol. The van der Waals surface area contributed by atoms with Crippen molar-refractivity contribution in [2.24, 2.45) is 5.92 Å². The van der Waals surface area contributed by atoms with E-state index in [1.54, 1.807) is 0 Å². The lowest BCUT2D eigenvalue weighted by Crippen LogP contribution is -2.68. The third-order valence-corrected chi connectivity index (χ3v) is 11.8. The van der Waals surface area contributed by atoms with Gasteiger partial charge in [0.2, 0.25) is 0 Å². The predicted octanol–water partition coefficient (Wildman–Crippen LogP) is 3.02. The van der Waals surface area contributed by atoms with E-state index >= 15 is 0 Å². The van der Waals surface area contributed by atoms with Crippen LogP contribution >= 0.6 is 0 Å². The molecule has 3 aliphatic rings. The fourth-order valence-electron chi connectivity index (χ4n) is 5.27. The van der Waals surface area contributed by atoms with Crippen molar-refractivity contribution in [2.75, 3.05) is 19.7 Å². The van der Waals surface area contributed by atoms with Crippen LogP contribution in [0.2, 0.25) is 5.04 Å². The Kier molecular flexibility index (Phi) is 5.49. The molecule has 3 saturated heterocycles. The first-order chi connectivity index (χ1) is 13.4. The Balaban J connectivity index is 1.69. The molecule has 3 fully saturated rings. The van der Waals surface area contributed by atoms with Gasteiger partial charge in [0.15, 0.2) is 0 Å². The molecule has 28 heavy (non-hydrogen) atoms. The smallest absolute Gasteiger partial charge is 0.261 e. The van der Waals surface area contributed by atoms with Crippen LogP contribution in [-0.4, -0.2) is 50.2 Å². The fraction of sp³-hybridized carbons (Fsp3) is 0.500. The number of rotatable bonds is 5. The zero-order valence-corrected chi connectivity index (χ0v) is 18.3. The maximum absolute atomic E-state index is 10.3. The molecule has 5 rings (SSSR count). The van der Waals surface area contributed by atoms with Crippen molar-refractivity contribution in [3.63, 3.8) is 0 Å². The van der Waals surface area contributed by atoms with Crippen molar-refractivity contribution in [3.05, 3.63) is 60.7 Å². The van der Waals surface area contributed by atoms with Crippen LogP contribution in [0.5, 0.6) is 0 Å². The maximum atomic E-state index is 10.3. The van der Waals surface area contributed by atoms with Gasteiger partial charge in [-0.1, -0.05) is 81.4 Å². The molecule has 1 N–H and O–H groups in total. The second kappa shape index (κ2) is 7.75. The Morgan fingerprint density at radius 3 is 2.00 bits per heavy atom. The summed E-state index contributed by atoms with van der Waals surface area (Å²) < 4.78 is 7.11. The third-order valence-electron chi connectivity index (χ3n) is 6.75. The van der Waals surface area contributed by atoms with Gasteiger partial charge in [-0.2, -0.15) is 0 Å². The minimum atomic E-state index is -2.47. The van der Waals surface area contributed by atoms with E-state index in [4.69, 9.17) is 4.43 Å². The van der Waals surface area contributed by atoms with Crippen LogP contribution in [0, 0.1) is 5.92 Å². The molecule has 3 nitrogen and oxygen atoms in total. The number of piperidine rings is 3. The van der Waals surface area contributed by atoms with E-state index in [-0.39, 0.29) is 11.1 Å². The van der Waals surface area contributed by atoms with Crippen molar-refractivity contribution in [1.29, 1.82) is 0 Å². The van der Waals surface area contributed by atoms with Crippen molar-refractivity contribution in [3.8, 4) is 0 Å². The zero-order valence-electron chi connectivity index (χ0n) is 17.3. The Bertz CT molecular complexity index is 735. The van der Waals surface area contributed by atoms with Crippen molar-refractivity contribution >= 4 is 18.7 Å². The van der Waals surface area contributed by atoms with E-state index < -0.39 is 8.32 Å². The van der Waals surface area contributed by atoms with Crippen LogP contribution in [-0.2, 0) is 4.43 Å². The van der Waals surface area contributed by atoms with Gasteiger partial charge < -0.3 is 9.53 Å². The molecule has 0 aromatic heterocycles. The number of fused-ring (bicyclic) bond motifs is 3. The number of aliphatic hydroxyl groups is 1. The molecule has 3 heterocycles. The Morgan fingerprint density at radius 2 is 1.57 bits per heavy atom. The van der Waals surface area contributed by atoms with Gasteiger partial charge in [0.05, 0.1) is 12.7 Å². The van der Waals surface area contributed by atoms with Crippen LogP contribution in [0.15, 0.2) is 60.7 Å². The first kappa shape index (κ1) is 19.8. The summed E-state index contributed by atoms with van der Waals surface area (Å²) in [7, 11) is -2.47. The minimum Gasteiger partial charge on any atom is -0.406 e. The number of hydrogen-bond donors (Lipinski definition) is 1. The van der Waals surface area contributed by atoms with E-state index in [0.29, 0.717) is 12.0 Å². The van der Waals surface area contributed by atoms with Crippen molar-refractivity contribution < 1.29 is 9.53 Å². The monoisotopic (exact) mass is 395 g/mol. The molecule has 1 unspecified atom stereocenters. The van der Waals surface area contributed by atoms with Gasteiger partial charge in [0.25, 0.3) is 8.32 Å². The summed E-state index contributed by atoms with van der Waals surface area (Å²) in [6.45, 7) is 9.63. The lowest BCUT2D eigenvalue weighted by molar-refractivity contribution is -0.0655. The fourth-order valence-corrected chi connectivity index (χ4v) is 9.86. The van der Waals surface area contributed by atoms with Gasteiger partial charge in [-0.05, 0) is 40.7 Å². The van der Waals surface area contributed by atoms with Crippen LogP contribution in [0.1, 0.15) is 33.6 Å². The quantitative estimate of drug-likeness (QED) is 0.790. The molecule has 4 heteroatoms. The van der Waals surface area contributed by atoms with Crippen LogP contribution in [0.3, 0.4) is 0 Å². The molecule has 0 aliphatic carbocycles. The van der Waals surface area contributed by atoms with Crippen molar-refractivity contribution in [1.82, 2.24) is 4.90 Å². The van der Waals surface area contributed by atoms with E-state index in [2.05, 4.69) is 86.3 Å². The van der Waals surface area contributed by atoms with E-state index in [1.165, 1.54) is 10.4 Å². The third kappa shape index (κ3) is 3.48. The Morgan fingerprint density at radius 1 is 1.00 bits per heavy atom. The summed E-state index contributed by atoms with van der Waals surface area (Å²) in [6, 6.07) is 22.1. The summed E-state index contributed by atoms with van der Waals surface area (Å²) in [5.74, 6) is 0.442. The lowest BCUT2D eigenvalue weighted by atomic mass is 9.81. The minimum absolute atomic E-state index is 0.0121. The molecular formula is C24H33NO2Si. The molecule has 0 spiro atoms. The summed E-state index contributed by atoms with van der Waals surface area (Å²) in [4.78, 5) is 2.45. The second-order valence-corrected chi connectivity index (χ2v) is 13.8. The highest BCUT2D eigenvalue weighted by molar-refractivity contribution is 6.99. The molecule has 2 aromatic rings. The van der Waals surface area contributed by atoms with Gasteiger partial charge in [0.1, 0.15) is 0 Å². The maximum Gasteiger partial charge on any atom is 0.261 e. The summed E-state index contributed by atoms with van der Waals surface area (Å²) in [6.07, 6.45) is 2.02. The number of aliphatic hydroxyl groups excluding tert-OH is 1. The first-order valence-corrected chi connectivity index (χ1v) is 12.5.